The predicted molar refractivity (Wildman–Crippen MR) is 108 cm³/mol. The number of benzene rings is 1. The molecule has 1 unspecified atom stereocenters. The van der Waals surface area contributed by atoms with Crippen molar-refractivity contribution >= 4 is 11.7 Å². The lowest BCUT2D eigenvalue weighted by molar-refractivity contribution is -0.139. The van der Waals surface area contributed by atoms with Crippen LogP contribution >= 0.6 is 0 Å². The third-order valence-corrected chi connectivity index (χ3v) is 6.33. The van der Waals surface area contributed by atoms with Crippen molar-refractivity contribution in [3.8, 4) is 0 Å². The minimum Gasteiger partial charge on any atom is -0.481 e. The highest BCUT2D eigenvalue weighted by Crippen LogP contribution is 2.30. The van der Waals surface area contributed by atoms with Crippen molar-refractivity contribution in [3.63, 3.8) is 0 Å². The van der Waals surface area contributed by atoms with Gasteiger partial charge in [0.1, 0.15) is 5.60 Å². The first kappa shape index (κ1) is 19.2. The smallest absolute Gasteiger partial charge is 0.289 e. The molecule has 0 spiro atoms. The molecule has 150 valence electrons. The summed E-state index contributed by atoms with van der Waals surface area (Å²) in [6, 6.07) is 9.38. The lowest BCUT2D eigenvalue weighted by Crippen LogP contribution is -2.52. The molecule has 1 aromatic rings. The van der Waals surface area contributed by atoms with Crippen LogP contribution < -0.4 is 0 Å². The number of carbonyl (C=O) groups excluding carboxylic acids is 2. The lowest BCUT2D eigenvalue weighted by Gasteiger charge is -2.41. The van der Waals surface area contributed by atoms with Crippen LogP contribution in [0.15, 0.2) is 36.1 Å². The summed E-state index contributed by atoms with van der Waals surface area (Å²) in [5, 5.41) is 0. The Morgan fingerprint density at radius 2 is 1.89 bits per heavy atom. The molecule has 0 radical (unpaired) electrons. The van der Waals surface area contributed by atoms with Gasteiger partial charge in [0.15, 0.2) is 11.5 Å². The fourth-order valence-electron chi connectivity index (χ4n) is 4.85. The number of carbonyl (C=O) groups is 2. The van der Waals surface area contributed by atoms with Gasteiger partial charge in [-0.1, -0.05) is 24.3 Å². The van der Waals surface area contributed by atoms with Crippen LogP contribution in [0.25, 0.3) is 0 Å². The average molecular weight is 383 g/mol. The van der Waals surface area contributed by atoms with Gasteiger partial charge in [-0.05, 0) is 57.2 Å². The molecule has 1 saturated heterocycles. The molecule has 1 fully saturated rings. The van der Waals surface area contributed by atoms with Crippen molar-refractivity contribution in [1.29, 1.82) is 0 Å². The minimum atomic E-state index is -0.619. The number of hydrogen-bond acceptors (Lipinski definition) is 4. The molecule has 1 atom stereocenters. The van der Waals surface area contributed by atoms with Crippen LogP contribution in [0, 0.1) is 0 Å². The van der Waals surface area contributed by atoms with E-state index in [2.05, 4.69) is 29.2 Å². The molecular formula is C23H30N2O3. The molecule has 3 aliphatic rings. The second-order valence-corrected chi connectivity index (χ2v) is 9.05. The molecular weight excluding hydrogens is 352 g/mol. The van der Waals surface area contributed by atoms with E-state index in [4.69, 9.17) is 4.74 Å². The van der Waals surface area contributed by atoms with Crippen LogP contribution in [-0.4, -0.2) is 59.3 Å². The first-order valence-electron chi connectivity index (χ1n) is 10.3. The van der Waals surface area contributed by atoms with E-state index in [-0.39, 0.29) is 23.5 Å². The van der Waals surface area contributed by atoms with E-state index in [1.165, 1.54) is 17.2 Å². The highest BCUT2D eigenvalue weighted by Gasteiger charge is 2.37. The van der Waals surface area contributed by atoms with Gasteiger partial charge in [0.2, 0.25) is 0 Å². The summed E-state index contributed by atoms with van der Waals surface area (Å²) in [4.78, 5) is 29.3. The minimum absolute atomic E-state index is 0.0398. The van der Waals surface area contributed by atoms with Crippen molar-refractivity contribution in [2.45, 2.75) is 63.6 Å². The molecule has 0 N–H and O–H groups in total. The Balaban J connectivity index is 1.42. The number of hydrogen-bond donors (Lipinski definition) is 0. The van der Waals surface area contributed by atoms with E-state index in [1.807, 2.05) is 20.9 Å². The third-order valence-electron chi connectivity index (χ3n) is 6.33. The Bertz CT molecular complexity index is 789. The van der Waals surface area contributed by atoms with Crippen molar-refractivity contribution in [3.05, 3.63) is 47.2 Å². The highest BCUT2D eigenvalue weighted by molar-refractivity contribution is 6.01. The summed E-state index contributed by atoms with van der Waals surface area (Å²) in [6.07, 6.45) is 5.95. The molecule has 5 nitrogen and oxygen atoms in total. The predicted octanol–water partition coefficient (Wildman–Crippen LogP) is 2.73. The van der Waals surface area contributed by atoms with Gasteiger partial charge in [-0.2, -0.15) is 0 Å². The second kappa shape index (κ2) is 7.36. The molecule has 2 aliphatic heterocycles. The number of amides is 1. The quantitative estimate of drug-likeness (QED) is 0.807. The number of likely N-dealkylation sites (N-methyl/N-ethyl adjacent to an activating group) is 1. The van der Waals surface area contributed by atoms with E-state index in [1.54, 1.807) is 4.90 Å². The first-order chi connectivity index (χ1) is 13.3. The van der Waals surface area contributed by atoms with E-state index in [0.717, 1.165) is 38.8 Å². The Hall–Kier alpha value is -2.14. The monoisotopic (exact) mass is 382 g/mol. The number of ether oxygens (including phenoxy) is 1. The third kappa shape index (κ3) is 3.86. The van der Waals surface area contributed by atoms with Gasteiger partial charge in [-0.25, -0.2) is 0 Å². The maximum absolute atomic E-state index is 13.0. The summed E-state index contributed by atoms with van der Waals surface area (Å²) in [5.74, 6) is -0.0289. The molecule has 0 aromatic heterocycles. The van der Waals surface area contributed by atoms with Gasteiger partial charge in [0.25, 0.3) is 5.91 Å². The van der Waals surface area contributed by atoms with Gasteiger partial charge in [0, 0.05) is 38.2 Å². The number of fused-ring (bicyclic) bond motifs is 1. The fourth-order valence-corrected chi connectivity index (χ4v) is 4.85. The number of piperidine rings is 1. The van der Waals surface area contributed by atoms with Crippen LogP contribution in [0.5, 0.6) is 0 Å². The average Bonchev–Trinajstić information content (AvgIpc) is 3.09. The zero-order valence-corrected chi connectivity index (χ0v) is 17.1. The number of nitrogens with zero attached hydrogens (tertiary/aromatic N) is 2. The summed E-state index contributed by atoms with van der Waals surface area (Å²) >= 11 is 0. The zero-order valence-electron chi connectivity index (χ0n) is 17.1. The Labute approximate surface area is 167 Å². The van der Waals surface area contributed by atoms with E-state index >= 15 is 0 Å². The van der Waals surface area contributed by atoms with E-state index < -0.39 is 5.60 Å². The molecule has 5 heteroatoms. The summed E-state index contributed by atoms with van der Waals surface area (Å²) in [6.45, 7) is 5.67. The standard InChI is InChI=1S/C23H30N2O3/c1-23(2)14-20(26)13-21(28-23)22(27)24(3)18-9-6-10-25(15-18)19-11-16-7-4-5-8-17(16)12-19/h4-5,7-8,13,18-19H,6,9-12,14-15H2,1-3H3. The molecule has 2 heterocycles. The van der Waals surface area contributed by atoms with Crippen molar-refractivity contribution in [2.24, 2.45) is 0 Å². The summed E-state index contributed by atoms with van der Waals surface area (Å²) in [5.41, 5.74) is 2.30. The van der Waals surface area contributed by atoms with Crippen molar-refractivity contribution in [1.82, 2.24) is 9.80 Å². The maximum Gasteiger partial charge on any atom is 0.289 e. The molecule has 1 aromatic carbocycles. The maximum atomic E-state index is 13.0. The van der Waals surface area contributed by atoms with Gasteiger partial charge in [0.05, 0.1) is 0 Å². The Morgan fingerprint density at radius 1 is 1.21 bits per heavy atom. The number of likely N-dealkylation sites (tertiary alicyclic amines) is 1. The Kier molecular flexibility index (Phi) is 5.04. The van der Waals surface area contributed by atoms with Gasteiger partial charge in [-0.15, -0.1) is 0 Å². The molecule has 4 rings (SSSR count). The molecule has 1 aliphatic carbocycles. The summed E-state index contributed by atoms with van der Waals surface area (Å²) in [7, 11) is 1.84. The normalized spacial score (nSPS) is 25.0. The number of allylic oxidation sites excluding steroid dienone is 1. The van der Waals surface area contributed by atoms with E-state index in [9.17, 15) is 9.59 Å². The lowest BCUT2D eigenvalue weighted by atomic mass is 9.97. The number of ketones is 1. The van der Waals surface area contributed by atoms with Crippen LogP contribution in [0.3, 0.4) is 0 Å². The van der Waals surface area contributed by atoms with Crippen molar-refractivity contribution in [2.75, 3.05) is 20.1 Å². The van der Waals surface area contributed by atoms with E-state index in [0.29, 0.717) is 12.5 Å². The van der Waals surface area contributed by atoms with Gasteiger partial charge in [-0.3, -0.25) is 14.5 Å². The fraction of sp³-hybridized carbons (Fsp3) is 0.565. The molecule has 0 saturated carbocycles. The van der Waals surface area contributed by atoms with Crippen molar-refractivity contribution < 1.29 is 14.3 Å². The topological polar surface area (TPSA) is 49.9 Å². The van der Waals surface area contributed by atoms with Crippen LogP contribution in [0.1, 0.15) is 44.2 Å². The SMILES string of the molecule is CN(C(=O)C1=CC(=O)CC(C)(C)O1)C1CCCN(C2Cc3ccccc3C2)C1. The molecule has 0 bridgehead atoms. The van der Waals surface area contributed by atoms with Gasteiger partial charge >= 0.3 is 0 Å². The molecule has 1 amide bonds. The first-order valence-corrected chi connectivity index (χ1v) is 10.3. The second-order valence-electron chi connectivity index (χ2n) is 9.05. The van der Waals surface area contributed by atoms with Crippen LogP contribution in [0.2, 0.25) is 0 Å². The largest absolute Gasteiger partial charge is 0.481 e. The highest BCUT2D eigenvalue weighted by atomic mass is 16.5. The molecule has 28 heavy (non-hydrogen) atoms. The van der Waals surface area contributed by atoms with Crippen LogP contribution in [0.4, 0.5) is 0 Å². The Morgan fingerprint density at radius 3 is 2.54 bits per heavy atom. The summed E-state index contributed by atoms with van der Waals surface area (Å²) < 4.78 is 5.82. The zero-order chi connectivity index (χ0) is 19.9. The van der Waals surface area contributed by atoms with Crippen LogP contribution in [-0.2, 0) is 27.2 Å². The van der Waals surface area contributed by atoms with Gasteiger partial charge < -0.3 is 9.64 Å². The number of rotatable bonds is 3.